The third-order valence-electron chi connectivity index (χ3n) is 3.81. The van der Waals surface area contributed by atoms with Crippen LogP contribution in [0.2, 0.25) is 0 Å². The quantitative estimate of drug-likeness (QED) is 0.931. The molecule has 0 radical (unpaired) electrons. The molecule has 3 rings (SSSR count). The van der Waals surface area contributed by atoms with Crippen molar-refractivity contribution in [2.24, 2.45) is 0 Å². The number of aryl methyl sites for hydroxylation is 1. The fourth-order valence-corrected chi connectivity index (χ4v) is 2.55. The van der Waals surface area contributed by atoms with E-state index in [9.17, 15) is 4.79 Å². The zero-order valence-electron chi connectivity index (χ0n) is 11.8. The monoisotopic (exact) mass is 269 g/mol. The molecule has 1 saturated carbocycles. The second-order valence-electron chi connectivity index (χ2n) is 5.45. The largest absolute Gasteiger partial charge is 0.397 e. The molecule has 1 fully saturated rings. The van der Waals surface area contributed by atoms with Crippen LogP contribution < -0.4 is 10.6 Å². The Morgan fingerprint density at radius 3 is 2.70 bits per heavy atom. The van der Waals surface area contributed by atoms with E-state index in [0.717, 1.165) is 24.1 Å². The van der Waals surface area contributed by atoms with Gasteiger partial charge >= 0.3 is 0 Å². The number of aromatic nitrogens is 1. The standard InChI is InChI=1S/C16H19N3O/c1-11-5-3-4-6-14(11)18(2)16(20)15-9-12(17)10-19(15)13-7-8-13/h3-6,9-10,13H,7-8,17H2,1-2H3. The normalized spacial score (nSPS) is 14.3. The van der Waals surface area contributed by atoms with Gasteiger partial charge in [0.2, 0.25) is 0 Å². The summed E-state index contributed by atoms with van der Waals surface area (Å²) in [5.41, 5.74) is 9.20. The van der Waals surface area contributed by atoms with Gasteiger partial charge in [-0.1, -0.05) is 18.2 Å². The molecule has 1 aliphatic carbocycles. The van der Waals surface area contributed by atoms with Gasteiger partial charge in [0.25, 0.3) is 5.91 Å². The zero-order chi connectivity index (χ0) is 14.3. The lowest BCUT2D eigenvalue weighted by molar-refractivity contribution is 0.0984. The maximum absolute atomic E-state index is 12.7. The Kier molecular flexibility index (Phi) is 3.01. The van der Waals surface area contributed by atoms with Gasteiger partial charge in [-0.15, -0.1) is 0 Å². The number of amides is 1. The number of carbonyl (C=O) groups is 1. The molecule has 1 aromatic carbocycles. The van der Waals surface area contributed by atoms with Crippen LogP contribution in [-0.2, 0) is 0 Å². The summed E-state index contributed by atoms with van der Waals surface area (Å²) in [4.78, 5) is 14.4. The molecule has 1 amide bonds. The highest BCUT2D eigenvalue weighted by atomic mass is 16.2. The first-order chi connectivity index (χ1) is 9.58. The summed E-state index contributed by atoms with van der Waals surface area (Å²) in [5.74, 6) is -0.0112. The van der Waals surface area contributed by atoms with E-state index in [1.165, 1.54) is 0 Å². The Labute approximate surface area is 118 Å². The topological polar surface area (TPSA) is 51.3 Å². The van der Waals surface area contributed by atoms with E-state index in [1.807, 2.05) is 49.0 Å². The maximum Gasteiger partial charge on any atom is 0.274 e. The van der Waals surface area contributed by atoms with E-state index < -0.39 is 0 Å². The first kappa shape index (κ1) is 12.8. The van der Waals surface area contributed by atoms with Crippen molar-refractivity contribution in [2.75, 3.05) is 17.7 Å². The molecule has 1 aliphatic rings. The van der Waals surface area contributed by atoms with Crippen LogP contribution in [0.4, 0.5) is 11.4 Å². The summed E-state index contributed by atoms with van der Waals surface area (Å²) in [6, 6.07) is 10.1. The van der Waals surface area contributed by atoms with Crippen molar-refractivity contribution in [3.63, 3.8) is 0 Å². The van der Waals surface area contributed by atoms with Crippen molar-refractivity contribution in [3.05, 3.63) is 47.8 Å². The highest BCUT2D eigenvalue weighted by Gasteiger charge is 2.29. The minimum Gasteiger partial charge on any atom is -0.397 e. The van der Waals surface area contributed by atoms with E-state index in [2.05, 4.69) is 0 Å². The fraction of sp³-hybridized carbons (Fsp3) is 0.312. The van der Waals surface area contributed by atoms with Gasteiger partial charge in [-0.05, 0) is 37.5 Å². The Balaban J connectivity index is 1.94. The van der Waals surface area contributed by atoms with Crippen LogP contribution in [-0.4, -0.2) is 17.5 Å². The van der Waals surface area contributed by atoms with Gasteiger partial charge in [0.1, 0.15) is 5.69 Å². The SMILES string of the molecule is Cc1ccccc1N(C)C(=O)c1cc(N)cn1C1CC1. The first-order valence-electron chi connectivity index (χ1n) is 6.89. The van der Waals surface area contributed by atoms with E-state index >= 15 is 0 Å². The fourth-order valence-electron chi connectivity index (χ4n) is 2.55. The Morgan fingerprint density at radius 1 is 1.35 bits per heavy atom. The molecule has 1 heterocycles. The van der Waals surface area contributed by atoms with Crippen LogP contribution in [0.3, 0.4) is 0 Å². The highest BCUT2D eigenvalue weighted by Crippen LogP contribution is 2.37. The summed E-state index contributed by atoms with van der Waals surface area (Å²) in [6.07, 6.45) is 4.13. The second kappa shape index (κ2) is 4.71. The Hall–Kier alpha value is -2.23. The predicted molar refractivity (Wildman–Crippen MR) is 81.0 cm³/mol. The summed E-state index contributed by atoms with van der Waals surface area (Å²) in [6.45, 7) is 2.01. The molecule has 0 unspecified atom stereocenters. The van der Waals surface area contributed by atoms with Gasteiger partial charge in [0.15, 0.2) is 0 Å². The van der Waals surface area contributed by atoms with Crippen molar-refractivity contribution in [2.45, 2.75) is 25.8 Å². The molecule has 20 heavy (non-hydrogen) atoms. The smallest absolute Gasteiger partial charge is 0.274 e. The molecule has 0 saturated heterocycles. The average molecular weight is 269 g/mol. The van der Waals surface area contributed by atoms with Gasteiger partial charge in [-0.3, -0.25) is 4.79 Å². The molecule has 2 aromatic rings. The second-order valence-corrected chi connectivity index (χ2v) is 5.45. The minimum atomic E-state index is -0.0112. The van der Waals surface area contributed by atoms with Gasteiger partial charge in [0, 0.05) is 25.0 Å². The number of carbonyl (C=O) groups excluding carboxylic acids is 1. The van der Waals surface area contributed by atoms with E-state index in [4.69, 9.17) is 5.73 Å². The lowest BCUT2D eigenvalue weighted by atomic mass is 10.2. The number of rotatable bonds is 3. The van der Waals surface area contributed by atoms with Crippen molar-refractivity contribution >= 4 is 17.3 Å². The molecule has 104 valence electrons. The number of nitrogens with two attached hydrogens (primary N) is 1. The summed E-state index contributed by atoms with van der Waals surface area (Å²) >= 11 is 0. The average Bonchev–Trinajstić information content (AvgIpc) is 3.20. The molecule has 4 nitrogen and oxygen atoms in total. The van der Waals surface area contributed by atoms with E-state index in [0.29, 0.717) is 17.4 Å². The van der Waals surface area contributed by atoms with Crippen LogP contribution in [0.25, 0.3) is 0 Å². The Bertz CT molecular complexity index is 655. The molecule has 4 heteroatoms. The van der Waals surface area contributed by atoms with Gasteiger partial charge in [-0.25, -0.2) is 0 Å². The molecule has 0 spiro atoms. The van der Waals surface area contributed by atoms with Crippen molar-refractivity contribution in [1.82, 2.24) is 4.57 Å². The van der Waals surface area contributed by atoms with Crippen molar-refractivity contribution in [1.29, 1.82) is 0 Å². The molecule has 2 N–H and O–H groups in total. The summed E-state index contributed by atoms with van der Waals surface area (Å²) in [7, 11) is 1.81. The first-order valence-corrected chi connectivity index (χ1v) is 6.89. The van der Waals surface area contributed by atoms with Crippen LogP contribution in [0, 0.1) is 6.92 Å². The third-order valence-corrected chi connectivity index (χ3v) is 3.81. The predicted octanol–water partition coefficient (Wildman–Crippen LogP) is 2.99. The van der Waals surface area contributed by atoms with Crippen LogP contribution in [0.1, 0.15) is 34.9 Å². The van der Waals surface area contributed by atoms with E-state index in [-0.39, 0.29) is 5.91 Å². The third kappa shape index (κ3) is 2.18. The lowest BCUT2D eigenvalue weighted by Crippen LogP contribution is -2.28. The number of anilines is 2. The maximum atomic E-state index is 12.7. The number of hydrogen-bond donors (Lipinski definition) is 1. The van der Waals surface area contributed by atoms with Crippen molar-refractivity contribution in [3.8, 4) is 0 Å². The minimum absolute atomic E-state index is 0.0112. The van der Waals surface area contributed by atoms with Crippen LogP contribution in [0.15, 0.2) is 36.5 Å². The van der Waals surface area contributed by atoms with Crippen LogP contribution in [0.5, 0.6) is 0 Å². The number of nitrogens with zero attached hydrogens (tertiary/aromatic N) is 2. The summed E-state index contributed by atoms with van der Waals surface area (Å²) in [5, 5.41) is 0. The lowest BCUT2D eigenvalue weighted by Gasteiger charge is -2.20. The van der Waals surface area contributed by atoms with Gasteiger partial charge in [-0.2, -0.15) is 0 Å². The van der Waals surface area contributed by atoms with E-state index in [1.54, 1.807) is 11.0 Å². The molecule has 1 aromatic heterocycles. The number of para-hydroxylation sites is 1. The molecular weight excluding hydrogens is 250 g/mol. The molecule has 0 bridgehead atoms. The molecule has 0 atom stereocenters. The number of benzene rings is 1. The number of nitrogen functional groups attached to an aromatic ring is 1. The highest BCUT2D eigenvalue weighted by molar-refractivity contribution is 6.05. The van der Waals surface area contributed by atoms with Gasteiger partial charge < -0.3 is 15.2 Å². The molecule has 0 aliphatic heterocycles. The summed E-state index contributed by atoms with van der Waals surface area (Å²) < 4.78 is 2.02. The van der Waals surface area contributed by atoms with Crippen molar-refractivity contribution < 1.29 is 4.79 Å². The molecular formula is C16H19N3O. The zero-order valence-corrected chi connectivity index (χ0v) is 11.8. The van der Waals surface area contributed by atoms with Gasteiger partial charge in [0.05, 0.1) is 5.69 Å². The Morgan fingerprint density at radius 2 is 2.05 bits per heavy atom. The van der Waals surface area contributed by atoms with Crippen LogP contribution >= 0.6 is 0 Å². The number of hydrogen-bond acceptors (Lipinski definition) is 2.